The smallest absolute Gasteiger partial charge is 0.256 e. The van der Waals surface area contributed by atoms with Crippen LogP contribution in [-0.4, -0.2) is 60.5 Å². The molecule has 0 aromatic carbocycles. The predicted molar refractivity (Wildman–Crippen MR) is 98.2 cm³/mol. The number of aryl methyl sites for hydroxylation is 1. The number of nitrogens with zero attached hydrogens (tertiary/aromatic N) is 6. The first kappa shape index (κ1) is 17.6. The third kappa shape index (κ3) is 3.08. The highest BCUT2D eigenvalue weighted by Gasteiger charge is 2.32. The zero-order chi connectivity index (χ0) is 19.2. The van der Waals surface area contributed by atoms with Crippen LogP contribution >= 0.6 is 0 Å². The summed E-state index contributed by atoms with van der Waals surface area (Å²) in [6.07, 6.45) is 3.05. The lowest BCUT2D eigenvalue weighted by Gasteiger charge is -2.34. The third-order valence-corrected chi connectivity index (χ3v) is 4.77. The van der Waals surface area contributed by atoms with Crippen molar-refractivity contribution in [3.05, 3.63) is 35.7 Å². The monoisotopic (exact) mass is 369 g/mol. The van der Waals surface area contributed by atoms with Crippen LogP contribution in [0.25, 0.3) is 11.0 Å². The second-order valence-electron chi connectivity index (χ2n) is 7.78. The first-order chi connectivity index (χ1) is 12.9. The highest BCUT2D eigenvalue weighted by molar-refractivity contribution is 5.97. The van der Waals surface area contributed by atoms with Gasteiger partial charge < -0.3 is 9.64 Å². The molecule has 1 atom stereocenters. The van der Waals surface area contributed by atoms with Gasteiger partial charge >= 0.3 is 0 Å². The molecule has 1 unspecified atom stereocenters. The lowest BCUT2D eigenvalue weighted by Crippen LogP contribution is -2.43. The summed E-state index contributed by atoms with van der Waals surface area (Å²) < 4.78 is 7.31. The van der Waals surface area contributed by atoms with Gasteiger partial charge in [0.05, 0.1) is 24.5 Å². The number of fused-ring (bicyclic) bond motifs is 1. The van der Waals surface area contributed by atoms with Crippen molar-refractivity contribution < 1.29 is 9.53 Å². The van der Waals surface area contributed by atoms with Gasteiger partial charge in [-0.25, -0.2) is 9.97 Å². The molecule has 1 amide bonds. The maximum atomic E-state index is 13.3. The number of ether oxygens (including phenoxy) is 1. The van der Waals surface area contributed by atoms with Crippen LogP contribution in [0, 0.1) is 0 Å². The van der Waals surface area contributed by atoms with Gasteiger partial charge in [0.25, 0.3) is 5.91 Å². The first-order valence-corrected chi connectivity index (χ1v) is 8.93. The molecule has 1 aliphatic rings. The highest BCUT2D eigenvalue weighted by Crippen LogP contribution is 2.30. The van der Waals surface area contributed by atoms with Gasteiger partial charge in [-0.2, -0.15) is 10.2 Å². The molecule has 0 radical (unpaired) electrons. The number of carbonyl (C=O) groups is 1. The van der Waals surface area contributed by atoms with Crippen molar-refractivity contribution in [1.82, 2.24) is 34.8 Å². The maximum Gasteiger partial charge on any atom is 0.256 e. The normalized spacial score (nSPS) is 18.2. The molecule has 0 spiro atoms. The molecule has 0 saturated carbocycles. The van der Waals surface area contributed by atoms with E-state index >= 15 is 0 Å². The van der Waals surface area contributed by atoms with E-state index in [-0.39, 0.29) is 17.4 Å². The zero-order valence-electron chi connectivity index (χ0n) is 15.9. The van der Waals surface area contributed by atoms with E-state index in [2.05, 4.69) is 46.0 Å². The van der Waals surface area contributed by atoms with Crippen LogP contribution in [0.2, 0.25) is 0 Å². The minimum absolute atomic E-state index is 0.0992. The highest BCUT2D eigenvalue weighted by atomic mass is 16.5. The van der Waals surface area contributed by atoms with Crippen LogP contribution in [0.15, 0.2) is 18.6 Å². The Morgan fingerprint density at radius 1 is 1.33 bits per heavy atom. The summed E-state index contributed by atoms with van der Waals surface area (Å²) in [7, 11) is 1.87. The lowest BCUT2D eigenvalue weighted by atomic mass is 9.90. The lowest BCUT2D eigenvalue weighted by molar-refractivity contribution is -0.00513. The van der Waals surface area contributed by atoms with E-state index in [0.717, 1.165) is 16.7 Å². The van der Waals surface area contributed by atoms with Crippen molar-refractivity contribution >= 4 is 16.9 Å². The van der Waals surface area contributed by atoms with Gasteiger partial charge in [-0.1, -0.05) is 20.8 Å². The Bertz CT molecular complexity index is 972. The fraction of sp³-hybridized carbons (Fsp3) is 0.500. The van der Waals surface area contributed by atoms with E-state index in [1.165, 1.54) is 6.33 Å². The Morgan fingerprint density at radius 3 is 2.85 bits per heavy atom. The van der Waals surface area contributed by atoms with Crippen LogP contribution in [0.3, 0.4) is 0 Å². The van der Waals surface area contributed by atoms with Gasteiger partial charge in [-0.05, 0) is 6.07 Å². The van der Waals surface area contributed by atoms with E-state index in [1.807, 2.05) is 13.1 Å². The van der Waals surface area contributed by atoms with Gasteiger partial charge in [0, 0.05) is 30.6 Å². The average molecular weight is 369 g/mol. The molecule has 4 rings (SSSR count). The minimum Gasteiger partial charge on any atom is -0.377 e. The maximum absolute atomic E-state index is 13.3. The molecule has 0 aliphatic carbocycles. The first-order valence-electron chi connectivity index (χ1n) is 8.93. The van der Waals surface area contributed by atoms with E-state index < -0.39 is 0 Å². The van der Waals surface area contributed by atoms with Crippen LogP contribution in [0.4, 0.5) is 0 Å². The summed E-state index contributed by atoms with van der Waals surface area (Å²) in [4.78, 5) is 23.7. The molecule has 1 saturated heterocycles. The number of rotatable bonds is 2. The summed E-state index contributed by atoms with van der Waals surface area (Å²) in [5.41, 5.74) is 2.08. The Balaban J connectivity index is 1.74. The molecule has 3 aromatic rings. The van der Waals surface area contributed by atoms with Crippen molar-refractivity contribution in [3.63, 3.8) is 0 Å². The summed E-state index contributed by atoms with van der Waals surface area (Å²) in [6.45, 7) is 7.67. The van der Waals surface area contributed by atoms with Crippen molar-refractivity contribution in [3.8, 4) is 0 Å². The van der Waals surface area contributed by atoms with E-state index in [0.29, 0.717) is 31.1 Å². The number of amides is 1. The van der Waals surface area contributed by atoms with Crippen LogP contribution in [-0.2, 0) is 17.2 Å². The average Bonchev–Trinajstić information content (AvgIpc) is 3.29. The largest absolute Gasteiger partial charge is 0.377 e. The fourth-order valence-corrected chi connectivity index (χ4v) is 3.43. The summed E-state index contributed by atoms with van der Waals surface area (Å²) in [5.74, 6) is 0.520. The molecular weight excluding hydrogens is 346 g/mol. The standard InChI is InChI=1S/C18H23N7O2/c1-18(2,3)14-12-7-11(8-19-16(12)24(4)23-14)17(26)25-5-6-27-9-13(25)15-20-10-21-22-15/h7-8,10,13H,5-6,9H2,1-4H3,(H,20,21,22). The quantitative estimate of drug-likeness (QED) is 0.736. The summed E-state index contributed by atoms with van der Waals surface area (Å²) in [6, 6.07) is 1.60. The topological polar surface area (TPSA) is 102 Å². The molecule has 0 bridgehead atoms. The zero-order valence-corrected chi connectivity index (χ0v) is 15.9. The van der Waals surface area contributed by atoms with Crippen LogP contribution < -0.4 is 0 Å². The number of carbonyl (C=O) groups excluding carboxylic acids is 1. The van der Waals surface area contributed by atoms with Gasteiger partial charge in [-0.15, -0.1) is 0 Å². The minimum atomic E-state index is -0.291. The molecular formula is C18H23N7O2. The fourth-order valence-electron chi connectivity index (χ4n) is 3.43. The van der Waals surface area contributed by atoms with Crippen molar-refractivity contribution in [2.24, 2.45) is 7.05 Å². The third-order valence-electron chi connectivity index (χ3n) is 4.77. The van der Waals surface area contributed by atoms with Crippen LogP contribution in [0.1, 0.15) is 48.7 Å². The Labute approximate surface area is 156 Å². The molecule has 1 N–H and O–H groups in total. The van der Waals surface area contributed by atoms with E-state index in [1.54, 1.807) is 15.8 Å². The van der Waals surface area contributed by atoms with E-state index in [9.17, 15) is 4.79 Å². The molecule has 9 nitrogen and oxygen atoms in total. The summed E-state index contributed by atoms with van der Waals surface area (Å²) >= 11 is 0. The molecule has 4 heterocycles. The van der Waals surface area contributed by atoms with Crippen molar-refractivity contribution in [2.45, 2.75) is 32.2 Å². The number of H-pyrrole nitrogens is 1. The molecule has 9 heteroatoms. The number of hydrogen-bond donors (Lipinski definition) is 1. The predicted octanol–water partition coefficient (Wildman–Crippen LogP) is 1.60. The van der Waals surface area contributed by atoms with Gasteiger partial charge in [0.15, 0.2) is 5.65 Å². The number of pyridine rings is 1. The number of morpholine rings is 1. The molecule has 27 heavy (non-hydrogen) atoms. The second kappa shape index (κ2) is 6.41. The number of hydrogen-bond acceptors (Lipinski definition) is 6. The Morgan fingerprint density at radius 2 is 2.15 bits per heavy atom. The van der Waals surface area contributed by atoms with Gasteiger partial charge in [0.1, 0.15) is 18.2 Å². The van der Waals surface area contributed by atoms with E-state index in [4.69, 9.17) is 4.74 Å². The molecule has 3 aromatic heterocycles. The van der Waals surface area contributed by atoms with Crippen molar-refractivity contribution in [1.29, 1.82) is 0 Å². The molecule has 1 aliphatic heterocycles. The Hall–Kier alpha value is -2.81. The number of aromatic nitrogens is 6. The number of aromatic amines is 1. The van der Waals surface area contributed by atoms with Gasteiger partial charge in [0.2, 0.25) is 0 Å². The summed E-state index contributed by atoms with van der Waals surface area (Å²) in [5, 5.41) is 12.3. The second-order valence-corrected chi connectivity index (χ2v) is 7.78. The van der Waals surface area contributed by atoms with Crippen LogP contribution in [0.5, 0.6) is 0 Å². The molecule has 1 fully saturated rings. The molecule has 142 valence electrons. The Kier molecular flexibility index (Phi) is 4.18. The SMILES string of the molecule is Cn1nc(C(C)(C)C)c2cc(C(=O)N3CCOCC3c3ncn[nH]3)cnc21. The van der Waals surface area contributed by atoms with Crippen molar-refractivity contribution in [2.75, 3.05) is 19.8 Å². The van der Waals surface area contributed by atoms with Gasteiger partial charge in [-0.3, -0.25) is 14.6 Å². The number of nitrogens with one attached hydrogen (secondary N) is 1.